The van der Waals surface area contributed by atoms with Gasteiger partial charge in [-0.05, 0) is 65.0 Å². The highest BCUT2D eigenvalue weighted by molar-refractivity contribution is 5.92. The van der Waals surface area contributed by atoms with Gasteiger partial charge in [0.25, 0.3) is 5.91 Å². The normalized spacial score (nSPS) is 48.8. The number of ether oxygens (including phenoxy) is 1. The van der Waals surface area contributed by atoms with E-state index in [-0.39, 0.29) is 24.2 Å². The lowest BCUT2D eigenvalue weighted by molar-refractivity contribution is -0.426. The molecule has 172 valence electrons. The van der Waals surface area contributed by atoms with Gasteiger partial charge in [0.1, 0.15) is 11.2 Å². The van der Waals surface area contributed by atoms with Crippen molar-refractivity contribution in [1.29, 1.82) is 0 Å². The lowest BCUT2D eigenvalue weighted by Gasteiger charge is -2.73. The lowest BCUT2D eigenvalue weighted by atomic mass is 9.37. The summed E-state index contributed by atoms with van der Waals surface area (Å²) in [7, 11) is 2.91. The highest BCUT2D eigenvalue weighted by Gasteiger charge is 2.82. The highest BCUT2D eigenvalue weighted by Crippen LogP contribution is 2.70. The summed E-state index contributed by atoms with van der Waals surface area (Å²) >= 11 is 0. The van der Waals surface area contributed by atoms with Crippen molar-refractivity contribution in [1.82, 2.24) is 4.90 Å². The van der Waals surface area contributed by atoms with E-state index in [2.05, 4.69) is 20.4 Å². The van der Waals surface area contributed by atoms with Gasteiger partial charge in [0.05, 0.1) is 5.60 Å². The Bertz CT molecular complexity index is 765. The molecule has 3 rings (SSSR count). The fourth-order valence-electron chi connectivity index (χ4n) is 7.09. The van der Waals surface area contributed by atoms with Crippen molar-refractivity contribution < 1.29 is 30.0 Å². The van der Waals surface area contributed by atoms with Gasteiger partial charge in [0.15, 0.2) is 11.4 Å². The molecule has 2 aliphatic carbocycles. The largest absolute Gasteiger partial charge is 0.382 e. The Hall–Kier alpha value is -0.830. The Morgan fingerprint density at radius 3 is 2.17 bits per heavy atom. The molecule has 0 aromatic carbocycles. The molecule has 6 atom stereocenters. The molecule has 0 radical (unpaired) electrons. The number of carbonyl (C=O) groups excluding carboxylic acids is 1. The smallest absolute Gasteiger partial charge is 0.255 e. The van der Waals surface area contributed by atoms with E-state index in [1.807, 2.05) is 0 Å². The van der Waals surface area contributed by atoms with Crippen molar-refractivity contribution >= 4 is 5.78 Å². The van der Waals surface area contributed by atoms with Crippen molar-refractivity contribution in [2.24, 2.45) is 16.7 Å². The average molecular weight is 426 g/mol. The summed E-state index contributed by atoms with van der Waals surface area (Å²) in [6, 6.07) is 0. The molecular formula is C23H39NO6. The summed E-state index contributed by atoms with van der Waals surface area (Å²) in [5.74, 6) is -3.47. The summed E-state index contributed by atoms with van der Waals surface area (Å²) in [5.41, 5.74) is -8.48. The molecule has 0 unspecified atom stereocenters. The summed E-state index contributed by atoms with van der Waals surface area (Å²) in [6.45, 7) is 13.0. The average Bonchev–Trinajstić information content (AvgIpc) is 2.61. The van der Waals surface area contributed by atoms with Gasteiger partial charge >= 0.3 is 0 Å². The zero-order chi connectivity index (χ0) is 23.2. The Balaban J connectivity index is 2.33. The quantitative estimate of drug-likeness (QED) is 0.401. The maximum absolute atomic E-state index is 13.7. The van der Waals surface area contributed by atoms with Gasteiger partial charge in [-0.3, -0.25) is 9.69 Å². The van der Waals surface area contributed by atoms with Crippen LogP contribution in [0.5, 0.6) is 0 Å². The molecule has 2 saturated carbocycles. The molecule has 0 aromatic heterocycles. The minimum Gasteiger partial charge on any atom is -0.382 e. The molecule has 4 N–H and O–H groups in total. The van der Waals surface area contributed by atoms with Crippen LogP contribution in [0.2, 0.25) is 0 Å². The van der Waals surface area contributed by atoms with Crippen LogP contribution >= 0.6 is 0 Å². The lowest BCUT2D eigenvalue weighted by Crippen LogP contribution is -2.86. The van der Waals surface area contributed by atoms with Crippen LogP contribution in [-0.4, -0.2) is 73.5 Å². The molecule has 0 bridgehead atoms. The van der Waals surface area contributed by atoms with Crippen LogP contribution in [-0.2, 0) is 9.53 Å². The zero-order valence-corrected chi connectivity index (χ0v) is 19.4. The molecule has 0 spiro atoms. The molecule has 3 fully saturated rings. The third-order valence-electron chi connectivity index (χ3n) is 9.04. The third kappa shape index (κ3) is 2.51. The second-order valence-electron chi connectivity index (χ2n) is 11.3. The number of aliphatic hydroxyl groups is 4. The van der Waals surface area contributed by atoms with Crippen molar-refractivity contribution in [3.63, 3.8) is 0 Å². The van der Waals surface area contributed by atoms with Gasteiger partial charge in [0, 0.05) is 11.8 Å². The van der Waals surface area contributed by atoms with Crippen molar-refractivity contribution in [2.75, 3.05) is 14.1 Å². The van der Waals surface area contributed by atoms with E-state index in [1.54, 1.807) is 26.8 Å². The number of nitrogens with zero attached hydrogens (tertiary/aromatic N) is 1. The van der Waals surface area contributed by atoms with E-state index < -0.39 is 39.5 Å². The third-order valence-corrected chi connectivity index (χ3v) is 9.04. The van der Waals surface area contributed by atoms with E-state index in [1.165, 1.54) is 14.1 Å². The number of ketones is 1. The minimum absolute atomic E-state index is 0.0164. The predicted octanol–water partition coefficient (Wildman–Crippen LogP) is 1.58. The highest BCUT2D eigenvalue weighted by atomic mass is 16.6. The standard InChI is InChI=1S/C23H39NO6/c1-9-18(4)14-16(25)22(27)19(5,30-18)11-10-15-17(2,3)12-13-21(26,20(15,22)6)23(28,29)24(7)8/h9,15,26-29H,1,10-14H2,2-8H3/t15-,18-,19+,20+,21-,22+/m0/s1. The minimum atomic E-state index is -2.66. The fraction of sp³-hybridized carbons (Fsp3) is 0.870. The van der Waals surface area contributed by atoms with Crippen molar-refractivity contribution in [3.8, 4) is 0 Å². The first kappa shape index (κ1) is 23.8. The molecular weight excluding hydrogens is 386 g/mol. The Morgan fingerprint density at radius 2 is 1.67 bits per heavy atom. The molecule has 1 saturated heterocycles. The second kappa shape index (κ2) is 6.36. The molecule has 30 heavy (non-hydrogen) atoms. The SMILES string of the molecule is C=C[C@@]1(C)CC(=O)[C@]2(O)[C@]3(C)[C@@H](CC[C@@]2(C)O1)C(C)(C)CC[C@@]3(O)C(O)(O)N(C)C. The van der Waals surface area contributed by atoms with Gasteiger partial charge in [-0.1, -0.05) is 26.8 Å². The van der Waals surface area contributed by atoms with Crippen LogP contribution in [0, 0.1) is 16.7 Å². The van der Waals surface area contributed by atoms with Crippen LogP contribution in [0.15, 0.2) is 12.7 Å². The molecule has 0 aromatic rings. The Labute approximate surface area is 179 Å². The van der Waals surface area contributed by atoms with E-state index in [9.17, 15) is 25.2 Å². The molecule has 1 aliphatic heterocycles. The Kier molecular flexibility index (Phi) is 5.05. The van der Waals surface area contributed by atoms with E-state index in [4.69, 9.17) is 4.74 Å². The van der Waals surface area contributed by atoms with Gasteiger partial charge < -0.3 is 25.2 Å². The van der Waals surface area contributed by atoms with Crippen LogP contribution in [0.1, 0.15) is 66.7 Å². The maximum atomic E-state index is 13.7. The molecule has 3 aliphatic rings. The monoisotopic (exact) mass is 425 g/mol. The number of hydrogen-bond donors (Lipinski definition) is 4. The summed E-state index contributed by atoms with van der Waals surface area (Å²) in [4.78, 5) is 14.8. The van der Waals surface area contributed by atoms with Gasteiger partial charge in [-0.25, -0.2) is 0 Å². The van der Waals surface area contributed by atoms with Crippen LogP contribution in [0.3, 0.4) is 0 Å². The summed E-state index contributed by atoms with van der Waals surface area (Å²) in [5, 5.41) is 46.6. The van der Waals surface area contributed by atoms with E-state index >= 15 is 0 Å². The molecule has 1 heterocycles. The Morgan fingerprint density at radius 1 is 1.10 bits per heavy atom. The first-order valence-corrected chi connectivity index (χ1v) is 10.8. The topological polar surface area (TPSA) is 110 Å². The number of carbonyl (C=O) groups is 1. The summed E-state index contributed by atoms with van der Waals surface area (Å²) < 4.78 is 6.36. The number of hydrogen-bond acceptors (Lipinski definition) is 7. The first-order valence-electron chi connectivity index (χ1n) is 10.8. The molecule has 7 nitrogen and oxygen atoms in total. The number of rotatable bonds is 3. The fourth-order valence-corrected chi connectivity index (χ4v) is 7.09. The van der Waals surface area contributed by atoms with Crippen molar-refractivity contribution in [2.45, 2.75) is 95.0 Å². The maximum Gasteiger partial charge on any atom is 0.255 e. The van der Waals surface area contributed by atoms with Crippen LogP contribution < -0.4 is 0 Å². The molecule has 0 amide bonds. The first-order chi connectivity index (χ1) is 13.4. The van der Waals surface area contributed by atoms with Crippen LogP contribution in [0.25, 0.3) is 0 Å². The van der Waals surface area contributed by atoms with E-state index in [0.29, 0.717) is 19.3 Å². The van der Waals surface area contributed by atoms with Crippen molar-refractivity contribution in [3.05, 3.63) is 12.7 Å². The van der Waals surface area contributed by atoms with Crippen LogP contribution in [0.4, 0.5) is 0 Å². The summed E-state index contributed by atoms with van der Waals surface area (Å²) in [6.07, 6.45) is 2.98. The van der Waals surface area contributed by atoms with Gasteiger partial charge in [-0.15, -0.1) is 6.58 Å². The number of likely N-dealkylation sites (N-methyl/N-ethyl adjacent to an activating group) is 1. The van der Waals surface area contributed by atoms with E-state index in [0.717, 1.165) is 4.90 Å². The number of Topliss-reactive ketones (excluding diaryl/α,β-unsaturated/α-hetero) is 1. The van der Waals surface area contributed by atoms with Gasteiger partial charge in [-0.2, -0.15) is 0 Å². The number of fused-ring (bicyclic) bond motifs is 3. The zero-order valence-electron chi connectivity index (χ0n) is 19.4. The predicted molar refractivity (Wildman–Crippen MR) is 112 cm³/mol. The molecule has 7 heteroatoms. The second-order valence-corrected chi connectivity index (χ2v) is 11.3. The van der Waals surface area contributed by atoms with Gasteiger partial charge in [0.2, 0.25) is 0 Å².